The molecule has 1 aliphatic rings. The lowest BCUT2D eigenvalue weighted by Gasteiger charge is -2.22. The average Bonchev–Trinajstić information content (AvgIpc) is 2.45. The van der Waals surface area contributed by atoms with Gasteiger partial charge in [0, 0.05) is 12.7 Å². The van der Waals surface area contributed by atoms with Gasteiger partial charge in [-0.05, 0) is 25.3 Å². The smallest absolute Gasteiger partial charge is 0.314 e. The molecule has 0 N–H and O–H groups in total. The second kappa shape index (κ2) is 7.16. The van der Waals surface area contributed by atoms with Gasteiger partial charge in [-0.2, -0.15) is 0 Å². The molecule has 0 radical (unpaired) electrons. The third kappa shape index (κ3) is 3.88. The van der Waals surface area contributed by atoms with Crippen LogP contribution in [-0.2, 0) is 9.47 Å². The maximum absolute atomic E-state index is 13.5. The van der Waals surface area contributed by atoms with E-state index in [1.807, 2.05) is 0 Å². The molecular weight excluding hydrogens is 269 g/mol. The average molecular weight is 285 g/mol. The van der Waals surface area contributed by atoms with Gasteiger partial charge in [-0.1, -0.05) is 6.07 Å². The number of ether oxygens (including phenoxy) is 3. The molecule has 0 saturated carbocycles. The molecule has 0 unspecified atom stereocenters. The summed E-state index contributed by atoms with van der Waals surface area (Å²) in [7, 11) is 0. The van der Waals surface area contributed by atoms with Gasteiger partial charge in [0.05, 0.1) is 11.5 Å². The van der Waals surface area contributed by atoms with E-state index in [4.69, 9.17) is 14.2 Å². The largest absolute Gasteiger partial charge is 0.482 e. The van der Waals surface area contributed by atoms with Gasteiger partial charge >= 0.3 is 5.69 Å². The van der Waals surface area contributed by atoms with Crippen molar-refractivity contribution in [1.82, 2.24) is 0 Å². The fourth-order valence-electron chi connectivity index (χ4n) is 1.95. The Hall–Kier alpha value is -1.73. The van der Waals surface area contributed by atoms with Crippen LogP contribution >= 0.6 is 0 Å². The molecule has 0 amide bonds. The second-order valence-corrected chi connectivity index (χ2v) is 4.36. The van der Waals surface area contributed by atoms with Crippen LogP contribution in [0.3, 0.4) is 0 Å². The Balaban J connectivity index is 1.83. The summed E-state index contributed by atoms with van der Waals surface area (Å²) in [6.45, 7) is 0.891. The minimum Gasteiger partial charge on any atom is -0.482 e. The number of nitro benzene ring substituents is 1. The minimum absolute atomic E-state index is 0.0294. The summed E-state index contributed by atoms with van der Waals surface area (Å²) in [6.07, 6.45) is 2.63. The first-order valence-electron chi connectivity index (χ1n) is 6.47. The zero-order valence-corrected chi connectivity index (χ0v) is 10.9. The Morgan fingerprint density at radius 3 is 2.95 bits per heavy atom. The van der Waals surface area contributed by atoms with E-state index < -0.39 is 10.7 Å². The number of hydrogen-bond acceptors (Lipinski definition) is 5. The highest BCUT2D eigenvalue weighted by atomic mass is 19.1. The van der Waals surface area contributed by atoms with Gasteiger partial charge in [-0.25, -0.2) is 4.39 Å². The van der Waals surface area contributed by atoms with Crippen LogP contribution in [0.4, 0.5) is 10.1 Å². The molecule has 1 aromatic rings. The van der Waals surface area contributed by atoms with Gasteiger partial charge in [0.15, 0.2) is 12.1 Å². The van der Waals surface area contributed by atoms with Crippen molar-refractivity contribution in [3.8, 4) is 5.75 Å². The van der Waals surface area contributed by atoms with Gasteiger partial charge in [-0.3, -0.25) is 10.1 Å². The molecule has 110 valence electrons. The van der Waals surface area contributed by atoms with Crippen molar-refractivity contribution >= 4 is 5.69 Å². The van der Waals surface area contributed by atoms with Crippen molar-refractivity contribution in [2.75, 3.05) is 19.8 Å². The van der Waals surface area contributed by atoms with Crippen molar-refractivity contribution in [3.63, 3.8) is 0 Å². The molecule has 0 aliphatic carbocycles. The molecule has 1 heterocycles. The molecule has 7 heteroatoms. The fourth-order valence-corrected chi connectivity index (χ4v) is 1.95. The molecule has 20 heavy (non-hydrogen) atoms. The zero-order chi connectivity index (χ0) is 14.4. The number of halogens is 1. The van der Waals surface area contributed by atoms with Crippen LogP contribution < -0.4 is 4.74 Å². The Bertz CT molecular complexity index is 462. The summed E-state index contributed by atoms with van der Waals surface area (Å²) >= 11 is 0. The van der Waals surface area contributed by atoms with Gasteiger partial charge in [0.1, 0.15) is 6.61 Å². The van der Waals surface area contributed by atoms with Crippen molar-refractivity contribution in [2.45, 2.75) is 25.6 Å². The van der Waals surface area contributed by atoms with Crippen molar-refractivity contribution in [3.05, 3.63) is 34.1 Å². The summed E-state index contributed by atoms with van der Waals surface area (Å²) in [4.78, 5) is 10.1. The number of nitrogens with zero attached hydrogens (tertiary/aromatic N) is 1. The number of nitro groups is 1. The highest BCUT2D eigenvalue weighted by Crippen LogP contribution is 2.29. The summed E-state index contributed by atoms with van der Waals surface area (Å²) in [5, 5.41) is 10.8. The molecule has 6 nitrogen and oxygen atoms in total. The number of para-hydroxylation sites is 1. The van der Waals surface area contributed by atoms with Crippen LogP contribution in [-0.4, -0.2) is 31.0 Å². The van der Waals surface area contributed by atoms with E-state index in [-0.39, 0.29) is 30.9 Å². The SMILES string of the molecule is O=[N+]([O-])c1cccc(F)c1OCCO[C@@H]1CCCCO1. The summed E-state index contributed by atoms with van der Waals surface area (Å²) in [6, 6.07) is 3.59. The predicted octanol–water partition coefficient (Wildman–Crippen LogP) is 2.66. The van der Waals surface area contributed by atoms with Crippen LogP contribution in [0, 0.1) is 15.9 Å². The van der Waals surface area contributed by atoms with Gasteiger partial charge < -0.3 is 14.2 Å². The molecule has 0 aromatic heterocycles. The topological polar surface area (TPSA) is 70.8 Å². The normalized spacial score (nSPS) is 18.8. The monoisotopic (exact) mass is 285 g/mol. The van der Waals surface area contributed by atoms with Crippen molar-refractivity contribution in [1.29, 1.82) is 0 Å². The molecule has 1 fully saturated rings. The number of hydrogen-bond donors (Lipinski definition) is 0. The van der Waals surface area contributed by atoms with Crippen LogP contribution in [0.1, 0.15) is 19.3 Å². The van der Waals surface area contributed by atoms with E-state index in [9.17, 15) is 14.5 Å². The van der Waals surface area contributed by atoms with E-state index in [0.29, 0.717) is 6.61 Å². The Morgan fingerprint density at radius 1 is 1.40 bits per heavy atom. The molecule has 2 rings (SSSR count). The summed E-state index contributed by atoms with van der Waals surface area (Å²) in [5.41, 5.74) is -0.390. The first kappa shape index (κ1) is 14.7. The van der Waals surface area contributed by atoms with Gasteiger partial charge in [0.2, 0.25) is 5.75 Å². The maximum Gasteiger partial charge on any atom is 0.314 e. The van der Waals surface area contributed by atoms with Crippen molar-refractivity contribution in [2.24, 2.45) is 0 Å². The Labute approximate surface area is 115 Å². The summed E-state index contributed by atoms with van der Waals surface area (Å²) in [5.74, 6) is -1.11. The van der Waals surface area contributed by atoms with Gasteiger partial charge in [-0.15, -0.1) is 0 Å². The maximum atomic E-state index is 13.5. The molecule has 1 saturated heterocycles. The first-order valence-corrected chi connectivity index (χ1v) is 6.47. The van der Waals surface area contributed by atoms with Crippen LogP contribution in [0.2, 0.25) is 0 Å². The van der Waals surface area contributed by atoms with E-state index in [1.165, 1.54) is 12.1 Å². The standard InChI is InChI=1S/C13H16FNO5/c14-10-4-3-5-11(15(16)17)13(10)20-9-8-19-12-6-1-2-7-18-12/h3-5,12H,1-2,6-9H2/t12-/m1/s1. The molecule has 1 atom stereocenters. The molecule has 1 aromatic carbocycles. The zero-order valence-electron chi connectivity index (χ0n) is 10.9. The van der Waals surface area contributed by atoms with Crippen LogP contribution in [0.25, 0.3) is 0 Å². The predicted molar refractivity (Wildman–Crippen MR) is 68.1 cm³/mol. The van der Waals surface area contributed by atoms with E-state index in [0.717, 1.165) is 25.3 Å². The van der Waals surface area contributed by atoms with E-state index in [1.54, 1.807) is 0 Å². The highest BCUT2D eigenvalue weighted by Gasteiger charge is 2.19. The van der Waals surface area contributed by atoms with Crippen LogP contribution in [0.15, 0.2) is 18.2 Å². The number of rotatable bonds is 6. The van der Waals surface area contributed by atoms with Gasteiger partial charge in [0.25, 0.3) is 0 Å². The summed E-state index contributed by atoms with van der Waals surface area (Å²) < 4.78 is 29.4. The minimum atomic E-state index is -0.756. The molecule has 0 spiro atoms. The van der Waals surface area contributed by atoms with E-state index in [2.05, 4.69) is 0 Å². The van der Waals surface area contributed by atoms with E-state index >= 15 is 0 Å². The fraction of sp³-hybridized carbons (Fsp3) is 0.538. The number of benzene rings is 1. The molecular formula is C13H16FNO5. The Morgan fingerprint density at radius 2 is 2.25 bits per heavy atom. The molecule has 0 bridgehead atoms. The third-order valence-electron chi connectivity index (χ3n) is 2.91. The lowest BCUT2D eigenvalue weighted by atomic mass is 10.2. The quantitative estimate of drug-likeness (QED) is 0.456. The second-order valence-electron chi connectivity index (χ2n) is 4.36. The highest BCUT2D eigenvalue weighted by molar-refractivity contribution is 5.46. The lowest BCUT2D eigenvalue weighted by Crippen LogP contribution is -2.24. The first-order chi connectivity index (χ1) is 9.68. The molecule has 1 aliphatic heterocycles. The Kier molecular flexibility index (Phi) is 5.25. The third-order valence-corrected chi connectivity index (χ3v) is 2.91. The lowest BCUT2D eigenvalue weighted by molar-refractivity contribution is -0.386. The van der Waals surface area contributed by atoms with Crippen LogP contribution in [0.5, 0.6) is 5.75 Å². The van der Waals surface area contributed by atoms with Crippen molar-refractivity contribution < 1.29 is 23.5 Å².